The van der Waals surface area contributed by atoms with Crippen molar-refractivity contribution in [3.63, 3.8) is 0 Å². The molecule has 1 aromatic carbocycles. The van der Waals surface area contributed by atoms with Gasteiger partial charge in [-0.05, 0) is 35.7 Å². The first kappa shape index (κ1) is 15.9. The molecular formula is C17H15F3N2S. The van der Waals surface area contributed by atoms with Crippen LogP contribution in [0.25, 0.3) is 5.65 Å². The van der Waals surface area contributed by atoms with E-state index in [1.807, 2.05) is 24.3 Å². The van der Waals surface area contributed by atoms with Gasteiger partial charge in [-0.25, -0.2) is 4.98 Å². The van der Waals surface area contributed by atoms with Crippen LogP contribution in [0.3, 0.4) is 0 Å². The van der Waals surface area contributed by atoms with Gasteiger partial charge >= 0.3 is 6.18 Å². The topological polar surface area (TPSA) is 17.3 Å². The molecule has 0 aliphatic carbocycles. The highest BCUT2D eigenvalue weighted by molar-refractivity contribution is 7.99. The summed E-state index contributed by atoms with van der Waals surface area (Å²) in [5.41, 5.74) is 0.810. The minimum absolute atomic E-state index is 0.293. The second-order valence-corrected chi connectivity index (χ2v) is 6.66. The van der Waals surface area contributed by atoms with Gasteiger partial charge in [0.25, 0.3) is 0 Å². The fourth-order valence-corrected chi connectivity index (χ4v) is 3.23. The number of rotatable bonds is 3. The van der Waals surface area contributed by atoms with E-state index in [0.29, 0.717) is 16.6 Å². The Labute approximate surface area is 136 Å². The Morgan fingerprint density at radius 3 is 2.39 bits per heavy atom. The number of hydrogen-bond acceptors (Lipinski definition) is 2. The van der Waals surface area contributed by atoms with Crippen LogP contribution < -0.4 is 0 Å². The van der Waals surface area contributed by atoms with Crippen LogP contribution in [0, 0.1) is 0 Å². The molecule has 0 radical (unpaired) electrons. The van der Waals surface area contributed by atoms with Gasteiger partial charge in [0, 0.05) is 17.3 Å². The molecule has 2 nitrogen and oxygen atoms in total. The van der Waals surface area contributed by atoms with E-state index in [9.17, 15) is 13.2 Å². The summed E-state index contributed by atoms with van der Waals surface area (Å²) in [6, 6.07) is 10.1. The first-order chi connectivity index (χ1) is 10.8. The van der Waals surface area contributed by atoms with E-state index >= 15 is 0 Å². The summed E-state index contributed by atoms with van der Waals surface area (Å²) in [6.07, 6.45) is -1.22. The molecule has 120 valence electrons. The monoisotopic (exact) mass is 336 g/mol. The van der Waals surface area contributed by atoms with E-state index < -0.39 is 11.7 Å². The molecule has 0 atom stereocenters. The molecule has 6 heteroatoms. The predicted octanol–water partition coefficient (Wildman–Crippen LogP) is 5.63. The van der Waals surface area contributed by atoms with Crippen molar-refractivity contribution < 1.29 is 13.2 Å². The van der Waals surface area contributed by atoms with Gasteiger partial charge in [0.1, 0.15) is 5.65 Å². The van der Waals surface area contributed by atoms with E-state index in [1.54, 1.807) is 10.6 Å². The molecule has 0 aliphatic rings. The summed E-state index contributed by atoms with van der Waals surface area (Å²) < 4.78 is 40.8. The zero-order valence-corrected chi connectivity index (χ0v) is 13.4. The van der Waals surface area contributed by atoms with Crippen molar-refractivity contribution in [3.8, 4) is 0 Å². The number of halogens is 3. The number of imidazole rings is 1. The van der Waals surface area contributed by atoms with Crippen molar-refractivity contribution >= 4 is 17.4 Å². The predicted molar refractivity (Wildman–Crippen MR) is 84.8 cm³/mol. The van der Waals surface area contributed by atoms with E-state index in [0.717, 1.165) is 17.0 Å². The lowest BCUT2D eigenvalue weighted by Crippen LogP contribution is -2.06. The number of pyridine rings is 1. The smallest absolute Gasteiger partial charge is 0.294 e. The van der Waals surface area contributed by atoms with Crippen molar-refractivity contribution in [2.75, 3.05) is 0 Å². The van der Waals surface area contributed by atoms with Gasteiger partial charge in [-0.2, -0.15) is 13.2 Å². The van der Waals surface area contributed by atoms with E-state index in [2.05, 4.69) is 18.8 Å². The van der Waals surface area contributed by atoms with Gasteiger partial charge in [0.15, 0.2) is 0 Å². The SMILES string of the molecule is CC(C)c1ccc(Sc2cc(C(F)(F)F)cc3nccn23)cc1. The molecule has 2 aromatic heterocycles. The standard InChI is InChI=1S/C17H15F3N2S/c1-11(2)12-3-5-14(6-4-12)23-16-10-13(17(18,19)20)9-15-21-7-8-22(15)16/h3-11H,1-2H3. The van der Waals surface area contributed by atoms with Gasteiger partial charge in [-0.15, -0.1) is 0 Å². The number of nitrogens with zero attached hydrogens (tertiary/aromatic N) is 2. The number of hydrogen-bond donors (Lipinski definition) is 0. The summed E-state index contributed by atoms with van der Waals surface area (Å²) in [5.74, 6) is 0.419. The maximum atomic E-state index is 13.0. The Bertz CT molecular complexity index is 820. The summed E-state index contributed by atoms with van der Waals surface area (Å²) >= 11 is 1.30. The zero-order valence-electron chi connectivity index (χ0n) is 12.6. The van der Waals surface area contributed by atoms with Gasteiger partial charge < -0.3 is 0 Å². The van der Waals surface area contributed by atoms with E-state index in [4.69, 9.17) is 0 Å². The van der Waals surface area contributed by atoms with Gasteiger partial charge in [-0.3, -0.25) is 4.40 Å². The number of alkyl halides is 3. The average Bonchev–Trinajstić information content (AvgIpc) is 2.95. The molecule has 0 unspecified atom stereocenters. The van der Waals surface area contributed by atoms with Crippen molar-refractivity contribution in [1.82, 2.24) is 9.38 Å². The quantitative estimate of drug-likeness (QED) is 0.617. The van der Waals surface area contributed by atoms with Crippen molar-refractivity contribution in [3.05, 3.63) is 59.9 Å². The molecule has 0 amide bonds. The Morgan fingerprint density at radius 2 is 1.78 bits per heavy atom. The molecule has 0 N–H and O–H groups in total. The largest absolute Gasteiger partial charge is 0.416 e. The minimum Gasteiger partial charge on any atom is -0.294 e. The maximum Gasteiger partial charge on any atom is 0.416 e. The molecule has 0 aliphatic heterocycles. The van der Waals surface area contributed by atoms with Crippen molar-refractivity contribution in [1.29, 1.82) is 0 Å². The molecule has 23 heavy (non-hydrogen) atoms. The van der Waals surface area contributed by atoms with E-state index in [-0.39, 0.29) is 0 Å². The second-order valence-electron chi connectivity index (χ2n) is 5.56. The number of aromatic nitrogens is 2. The lowest BCUT2D eigenvalue weighted by molar-refractivity contribution is -0.137. The molecule has 3 rings (SSSR count). The number of benzene rings is 1. The first-order valence-electron chi connectivity index (χ1n) is 7.17. The summed E-state index contributed by atoms with van der Waals surface area (Å²) in [5, 5.41) is 0.490. The molecule has 2 heterocycles. The Kier molecular flexibility index (Phi) is 4.10. The van der Waals surface area contributed by atoms with Crippen LogP contribution in [0.4, 0.5) is 13.2 Å². The van der Waals surface area contributed by atoms with Crippen LogP contribution in [0.15, 0.2) is 58.7 Å². The normalized spacial score (nSPS) is 12.3. The zero-order chi connectivity index (χ0) is 16.6. The molecular weight excluding hydrogens is 321 g/mol. The Balaban J connectivity index is 2.00. The summed E-state index contributed by atoms with van der Waals surface area (Å²) in [4.78, 5) is 4.87. The highest BCUT2D eigenvalue weighted by atomic mass is 32.2. The fraction of sp³-hybridized carbons (Fsp3) is 0.235. The molecule has 0 bridgehead atoms. The van der Waals surface area contributed by atoms with Crippen LogP contribution in [0.1, 0.15) is 30.9 Å². The van der Waals surface area contributed by atoms with Crippen molar-refractivity contribution in [2.45, 2.75) is 35.9 Å². The first-order valence-corrected chi connectivity index (χ1v) is 7.98. The van der Waals surface area contributed by atoms with Crippen molar-refractivity contribution in [2.24, 2.45) is 0 Å². The second kappa shape index (κ2) is 5.92. The van der Waals surface area contributed by atoms with Crippen LogP contribution in [0.5, 0.6) is 0 Å². The third-order valence-electron chi connectivity index (χ3n) is 3.57. The molecule has 0 saturated carbocycles. The maximum absolute atomic E-state index is 13.0. The molecule has 0 spiro atoms. The van der Waals surface area contributed by atoms with Crippen LogP contribution >= 0.6 is 11.8 Å². The number of fused-ring (bicyclic) bond motifs is 1. The Morgan fingerprint density at radius 1 is 1.09 bits per heavy atom. The highest BCUT2D eigenvalue weighted by Crippen LogP contribution is 2.35. The molecule has 0 saturated heterocycles. The van der Waals surface area contributed by atoms with Gasteiger partial charge in [-0.1, -0.05) is 37.7 Å². The third kappa shape index (κ3) is 3.37. The lowest BCUT2D eigenvalue weighted by atomic mass is 10.0. The molecule has 3 aromatic rings. The van der Waals surface area contributed by atoms with E-state index in [1.165, 1.54) is 23.5 Å². The van der Waals surface area contributed by atoms with Crippen LogP contribution in [0.2, 0.25) is 0 Å². The minimum atomic E-state index is -4.38. The average molecular weight is 336 g/mol. The summed E-state index contributed by atoms with van der Waals surface area (Å²) in [6.45, 7) is 4.20. The molecule has 0 fully saturated rings. The van der Waals surface area contributed by atoms with Gasteiger partial charge in [0.05, 0.1) is 10.6 Å². The highest BCUT2D eigenvalue weighted by Gasteiger charge is 2.31. The van der Waals surface area contributed by atoms with Crippen LogP contribution in [-0.4, -0.2) is 9.38 Å². The lowest BCUT2D eigenvalue weighted by Gasteiger charge is -2.12. The Hall–Kier alpha value is -1.95. The summed E-state index contributed by atoms with van der Waals surface area (Å²) in [7, 11) is 0. The van der Waals surface area contributed by atoms with Gasteiger partial charge in [0.2, 0.25) is 0 Å². The third-order valence-corrected chi connectivity index (χ3v) is 4.60. The fourth-order valence-electron chi connectivity index (χ4n) is 2.28. The van der Waals surface area contributed by atoms with Crippen LogP contribution in [-0.2, 0) is 6.18 Å².